The van der Waals surface area contributed by atoms with E-state index in [1.807, 2.05) is 6.92 Å². The summed E-state index contributed by atoms with van der Waals surface area (Å²) in [5, 5.41) is 13.8. The molecule has 4 aromatic rings. The molecule has 0 atom stereocenters. The van der Waals surface area contributed by atoms with Gasteiger partial charge in [-0.05, 0) is 43.7 Å². The Labute approximate surface area is 206 Å². The third kappa shape index (κ3) is 4.67. The molecule has 3 N–H and O–H groups in total. The summed E-state index contributed by atoms with van der Waals surface area (Å²) in [6.45, 7) is 4.06. The van der Waals surface area contributed by atoms with Crippen LogP contribution in [0.3, 0.4) is 0 Å². The van der Waals surface area contributed by atoms with Gasteiger partial charge in [-0.1, -0.05) is 25.5 Å². The molecule has 36 heavy (non-hydrogen) atoms. The van der Waals surface area contributed by atoms with Gasteiger partial charge >= 0.3 is 5.97 Å². The minimum absolute atomic E-state index is 0.0760. The Kier molecular flexibility index (Phi) is 6.80. The second-order valence-electron chi connectivity index (χ2n) is 7.98. The Morgan fingerprint density at radius 1 is 1.19 bits per heavy atom. The van der Waals surface area contributed by atoms with Crippen LogP contribution in [0.25, 0.3) is 22.4 Å². The molecular weight excluding hydrogens is 486 g/mol. The number of fused-ring (bicyclic) bond motifs is 1. The number of H-pyrrole nitrogens is 1. The van der Waals surface area contributed by atoms with Gasteiger partial charge in [0.1, 0.15) is 17.1 Å². The van der Waals surface area contributed by atoms with E-state index in [2.05, 4.69) is 19.8 Å². The average Bonchev–Trinajstić information content (AvgIpc) is 3.15. The third-order valence-corrected chi connectivity index (χ3v) is 6.83. The van der Waals surface area contributed by atoms with E-state index in [1.54, 1.807) is 14.0 Å². The van der Waals surface area contributed by atoms with Gasteiger partial charge in [0.2, 0.25) is 0 Å². The SMILES string of the molecule is CCCc1nn(C)c2c(=O)[nH]c(-c3cc(S(=O)(=O)Nc4ccccc4C(=O)O)ccc3OCC)nc12. The van der Waals surface area contributed by atoms with E-state index in [1.165, 1.54) is 47.1 Å². The van der Waals surface area contributed by atoms with E-state index >= 15 is 0 Å². The van der Waals surface area contributed by atoms with Crippen LogP contribution in [0.1, 0.15) is 36.3 Å². The summed E-state index contributed by atoms with van der Waals surface area (Å²) in [5.74, 6) is -0.815. The number of sulfonamides is 1. The number of aromatic nitrogens is 4. The van der Waals surface area contributed by atoms with E-state index in [0.717, 1.165) is 6.42 Å². The highest BCUT2D eigenvalue weighted by Gasteiger charge is 2.22. The average molecular weight is 512 g/mol. The largest absolute Gasteiger partial charge is 0.493 e. The van der Waals surface area contributed by atoms with Crippen LogP contribution in [0.4, 0.5) is 5.69 Å². The number of aromatic carboxylic acids is 1. The predicted molar refractivity (Wildman–Crippen MR) is 134 cm³/mol. The van der Waals surface area contributed by atoms with Crippen molar-refractivity contribution in [2.75, 3.05) is 11.3 Å². The maximum absolute atomic E-state index is 13.2. The zero-order valence-electron chi connectivity index (χ0n) is 19.9. The number of aromatic amines is 1. The highest BCUT2D eigenvalue weighted by Crippen LogP contribution is 2.32. The van der Waals surface area contributed by atoms with Gasteiger partial charge in [0, 0.05) is 7.05 Å². The van der Waals surface area contributed by atoms with Crippen molar-refractivity contribution in [1.29, 1.82) is 0 Å². The van der Waals surface area contributed by atoms with Crippen molar-refractivity contribution in [1.82, 2.24) is 19.7 Å². The number of ether oxygens (including phenoxy) is 1. The van der Waals surface area contributed by atoms with Crippen molar-refractivity contribution < 1.29 is 23.1 Å². The number of rotatable bonds is 9. The molecule has 12 heteroatoms. The van der Waals surface area contributed by atoms with Gasteiger partial charge in [0.05, 0.1) is 34.0 Å². The first-order valence-corrected chi connectivity index (χ1v) is 12.7. The molecule has 4 rings (SSSR count). The zero-order chi connectivity index (χ0) is 26.0. The molecule has 0 unspecified atom stereocenters. The van der Waals surface area contributed by atoms with Gasteiger partial charge in [-0.15, -0.1) is 0 Å². The molecular formula is C24H25N5O6S. The molecule has 0 fully saturated rings. The number of carboxylic acids is 1. The summed E-state index contributed by atoms with van der Waals surface area (Å²) in [6.07, 6.45) is 1.42. The molecule has 0 aliphatic carbocycles. The minimum Gasteiger partial charge on any atom is -0.493 e. The third-order valence-electron chi connectivity index (χ3n) is 5.47. The second kappa shape index (κ2) is 9.82. The molecule has 0 amide bonds. The zero-order valence-corrected chi connectivity index (χ0v) is 20.7. The number of nitrogens with one attached hydrogen (secondary N) is 2. The first-order valence-electron chi connectivity index (χ1n) is 11.2. The number of hydrogen-bond acceptors (Lipinski definition) is 7. The molecule has 2 aromatic carbocycles. The lowest BCUT2D eigenvalue weighted by Crippen LogP contribution is -2.16. The quantitative estimate of drug-likeness (QED) is 0.309. The smallest absolute Gasteiger partial charge is 0.337 e. The first-order chi connectivity index (χ1) is 17.2. The van der Waals surface area contributed by atoms with E-state index < -0.39 is 21.6 Å². The van der Waals surface area contributed by atoms with Crippen molar-refractivity contribution in [3.63, 3.8) is 0 Å². The van der Waals surface area contributed by atoms with Gasteiger partial charge < -0.3 is 14.8 Å². The Morgan fingerprint density at radius 2 is 1.94 bits per heavy atom. The molecule has 0 spiro atoms. The second-order valence-corrected chi connectivity index (χ2v) is 9.66. The fraction of sp³-hybridized carbons (Fsp3) is 0.250. The summed E-state index contributed by atoms with van der Waals surface area (Å²) in [4.78, 5) is 31.6. The molecule has 2 aromatic heterocycles. The molecule has 188 valence electrons. The highest BCUT2D eigenvalue weighted by molar-refractivity contribution is 7.92. The number of aryl methyl sites for hydroxylation is 2. The van der Waals surface area contributed by atoms with Crippen molar-refractivity contribution in [2.45, 2.75) is 31.6 Å². The molecule has 0 radical (unpaired) electrons. The molecule has 0 saturated carbocycles. The van der Waals surface area contributed by atoms with Crippen molar-refractivity contribution >= 4 is 32.7 Å². The maximum Gasteiger partial charge on any atom is 0.337 e. The predicted octanol–water partition coefficient (Wildman–Crippen LogP) is 3.17. The summed E-state index contributed by atoms with van der Waals surface area (Å²) < 4.78 is 35.9. The highest BCUT2D eigenvalue weighted by atomic mass is 32.2. The van der Waals surface area contributed by atoms with Gasteiger partial charge in [-0.25, -0.2) is 18.2 Å². The van der Waals surface area contributed by atoms with Crippen LogP contribution in [0.2, 0.25) is 0 Å². The molecule has 0 aliphatic rings. The monoisotopic (exact) mass is 511 g/mol. The maximum atomic E-state index is 13.2. The number of nitrogens with zero attached hydrogens (tertiary/aromatic N) is 3. The molecule has 0 bridgehead atoms. The number of para-hydroxylation sites is 1. The number of hydrogen-bond donors (Lipinski definition) is 3. The molecule has 0 aliphatic heterocycles. The van der Waals surface area contributed by atoms with E-state index in [9.17, 15) is 23.1 Å². The Morgan fingerprint density at radius 3 is 2.64 bits per heavy atom. The summed E-state index contributed by atoms with van der Waals surface area (Å²) >= 11 is 0. The minimum atomic E-state index is -4.20. The fourth-order valence-corrected chi connectivity index (χ4v) is 4.99. The van der Waals surface area contributed by atoms with E-state index in [0.29, 0.717) is 35.5 Å². The summed E-state index contributed by atoms with van der Waals surface area (Å²) in [6, 6.07) is 9.83. The van der Waals surface area contributed by atoms with E-state index in [4.69, 9.17) is 4.74 Å². The van der Waals surface area contributed by atoms with Crippen LogP contribution >= 0.6 is 0 Å². The molecule has 11 nitrogen and oxygen atoms in total. The van der Waals surface area contributed by atoms with Crippen LogP contribution in [-0.4, -0.2) is 45.8 Å². The van der Waals surface area contributed by atoms with Gasteiger partial charge in [-0.2, -0.15) is 5.10 Å². The summed E-state index contributed by atoms with van der Waals surface area (Å²) in [5.41, 5.74) is 0.985. The van der Waals surface area contributed by atoms with Crippen molar-refractivity contribution in [3.8, 4) is 17.1 Å². The lowest BCUT2D eigenvalue weighted by molar-refractivity contribution is 0.0698. The van der Waals surface area contributed by atoms with Crippen LogP contribution in [-0.2, 0) is 23.5 Å². The Hall–Kier alpha value is -4.19. The van der Waals surface area contributed by atoms with Crippen LogP contribution in [0, 0.1) is 0 Å². The summed E-state index contributed by atoms with van der Waals surface area (Å²) in [7, 11) is -2.54. The van der Waals surface area contributed by atoms with Crippen LogP contribution in [0.5, 0.6) is 5.75 Å². The van der Waals surface area contributed by atoms with Crippen molar-refractivity contribution in [3.05, 3.63) is 64.1 Å². The van der Waals surface area contributed by atoms with Gasteiger partial charge in [0.15, 0.2) is 5.52 Å². The molecule has 2 heterocycles. The first kappa shape index (κ1) is 24.9. The Bertz CT molecular complexity index is 1620. The lowest BCUT2D eigenvalue weighted by atomic mass is 10.1. The number of carbonyl (C=O) groups is 1. The van der Waals surface area contributed by atoms with E-state index in [-0.39, 0.29) is 27.5 Å². The van der Waals surface area contributed by atoms with Crippen molar-refractivity contribution in [2.24, 2.45) is 7.05 Å². The topological polar surface area (TPSA) is 156 Å². The van der Waals surface area contributed by atoms with Gasteiger partial charge in [-0.3, -0.25) is 14.2 Å². The van der Waals surface area contributed by atoms with Gasteiger partial charge in [0.25, 0.3) is 15.6 Å². The van der Waals surface area contributed by atoms with Crippen LogP contribution < -0.4 is 15.0 Å². The Balaban J connectivity index is 1.86. The lowest BCUT2D eigenvalue weighted by Gasteiger charge is -2.14. The number of benzene rings is 2. The van der Waals surface area contributed by atoms with Crippen LogP contribution in [0.15, 0.2) is 52.2 Å². The number of carboxylic acid groups (broad SMARTS) is 1. The number of anilines is 1. The standard InChI is InChI=1S/C24H25N5O6S/c1-4-8-18-20-21(29(3)27-18)23(30)26-22(25-20)16-13-14(11-12-19(16)35-5-2)36(33,34)28-17-10-7-6-9-15(17)24(31)32/h6-7,9-13,28H,4-5,8H2,1-3H3,(H,31,32)(H,25,26,30). The molecule has 0 saturated heterocycles. The normalized spacial score (nSPS) is 11.5. The fourth-order valence-electron chi connectivity index (χ4n) is 3.88.